The molecule has 8 aromatic carbocycles. The van der Waals surface area contributed by atoms with E-state index >= 15 is 0 Å². The Balaban J connectivity index is 1.13. The summed E-state index contributed by atoms with van der Waals surface area (Å²) in [5, 5.41) is 7.73. The molecular formula is C53H38N2. The summed E-state index contributed by atoms with van der Waals surface area (Å²) in [6.45, 7) is 2.31. The SMILES string of the molecule is CC1C=C(c2ccccc2-c2cc(-c3cccc(-c4ccccc4)c3)nc(-c3ccccc3)n2)C(c2ccc3c4ccccc4c4ccccc4c3c2)=CC1. The lowest BCUT2D eigenvalue weighted by molar-refractivity contribution is 0.742. The summed E-state index contributed by atoms with van der Waals surface area (Å²) in [5.41, 5.74) is 12.2. The highest BCUT2D eigenvalue weighted by Crippen LogP contribution is 2.44. The van der Waals surface area contributed by atoms with E-state index in [1.807, 2.05) is 6.07 Å². The van der Waals surface area contributed by atoms with Gasteiger partial charge < -0.3 is 0 Å². The summed E-state index contributed by atoms with van der Waals surface area (Å²) in [5.74, 6) is 1.11. The second-order valence-corrected chi connectivity index (χ2v) is 14.6. The molecule has 0 N–H and O–H groups in total. The molecule has 1 heterocycles. The van der Waals surface area contributed by atoms with E-state index in [-0.39, 0.29) is 0 Å². The maximum atomic E-state index is 5.30. The van der Waals surface area contributed by atoms with E-state index < -0.39 is 0 Å². The number of allylic oxidation sites excluding steroid dienone is 4. The van der Waals surface area contributed by atoms with Gasteiger partial charge in [0.15, 0.2) is 5.82 Å². The van der Waals surface area contributed by atoms with Crippen molar-refractivity contribution in [3.05, 3.63) is 205 Å². The van der Waals surface area contributed by atoms with Gasteiger partial charge in [0.1, 0.15) is 0 Å². The van der Waals surface area contributed by atoms with E-state index in [0.29, 0.717) is 11.7 Å². The number of fused-ring (bicyclic) bond motifs is 6. The molecule has 1 aliphatic carbocycles. The van der Waals surface area contributed by atoms with Crippen LogP contribution in [0.25, 0.3) is 88.5 Å². The van der Waals surface area contributed by atoms with Gasteiger partial charge in [-0.15, -0.1) is 0 Å². The van der Waals surface area contributed by atoms with Crippen molar-refractivity contribution >= 4 is 43.5 Å². The predicted octanol–water partition coefficient (Wildman–Crippen LogP) is 14.1. The molecule has 0 spiro atoms. The number of hydrogen-bond donors (Lipinski definition) is 0. The van der Waals surface area contributed by atoms with Crippen molar-refractivity contribution in [2.45, 2.75) is 13.3 Å². The minimum atomic E-state index is 0.401. The first-order chi connectivity index (χ1) is 27.2. The van der Waals surface area contributed by atoms with Crippen molar-refractivity contribution in [3.63, 3.8) is 0 Å². The third-order valence-electron chi connectivity index (χ3n) is 11.0. The quantitative estimate of drug-likeness (QED) is 0.161. The first-order valence-electron chi connectivity index (χ1n) is 19.1. The third-order valence-corrected chi connectivity index (χ3v) is 11.0. The Hall–Kier alpha value is -6.90. The molecule has 0 aliphatic heterocycles. The van der Waals surface area contributed by atoms with Crippen molar-refractivity contribution in [1.29, 1.82) is 0 Å². The Labute approximate surface area is 321 Å². The highest BCUT2D eigenvalue weighted by molar-refractivity contribution is 6.26. The Morgan fingerprint density at radius 1 is 0.382 bits per heavy atom. The standard InChI is InChI=1S/C53H38N2/c1-35-27-29-41(39-28-30-47-44-23-9-8-21-42(44)43-22-10-11-24-45(43)50(47)33-39)49(31-35)46-25-12-13-26-48(46)52-34-51(54-53(55-52)37-17-6-3-7-18-37)40-20-14-19-38(32-40)36-15-4-2-5-16-36/h2-26,28-35H,27H2,1H3. The predicted molar refractivity (Wildman–Crippen MR) is 232 cm³/mol. The zero-order valence-corrected chi connectivity index (χ0v) is 30.7. The van der Waals surface area contributed by atoms with Crippen LogP contribution in [-0.4, -0.2) is 9.97 Å². The molecule has 0 saturated carbocycles. The topological polar surface area (TPSA) is 25.8 Å². The van der Waals surface area contributed by atoms with E-state index in [1.54, 1.807) is 0 Å². The zero-order valence-electron chi connectivity index (χ0n) is 30.7. The fraction of sp³-hybridized carbons (Fsp3) is 0.0566. The Kier molecular flexibility index (Phi) is 8.22. The lowest BCUT2D eigenvalue weighted by Gasteiger charge is -2.23. The smallest absolute Gasteiger partial charge is 0.160 e. The van der Waals surface area contributed by atoms with Crippen molar-refractivity contribution in [2.75, 3.05) is 0 Å². The molecule has 10 rings (SSSR count). The number of rotatable bonds is 6. The highest BCUT2D eigenvalue weighted by Gasteiger charge is 2.22. The summed E-state index contributed by atoms with van der Waals surface area (Å²) >= 11 is 0. The molecule has 1 unspecified atom stereocenters. The van der Waals surface area contributed by atoms with Crippen LogP contribution in [0.3, 0.4) is 0 Å². The maximum absolute atomic E-state index is 5.30. The molecule has 0 radical (unpaired) electrons. The van der Waals surface area contributed by atoms with Gasteiger partial charge in [-0.1, -0.05) is 183 Å². The van der Waals surface area contributed by atoms with Gasteiger partial charge in [0, 0.05) is 16.7 Å². The first-order valence-corrected chi connectivity index (χ1v) is 19.1. The molecule has 1 aliphatic rings. The number of hydrogen-bond acceptors (Lipinski definition) is 2. The van der Waals surface area contributed by atoms with E-state index in [2.05, 4.69) is 195 Å². The molecule has 9 aromatic rings. The van der Waals surface area contributed by atoms with Crippen LogP contribution in [0.15, 0.2) is 194 Å². The molecule has 55 heavy (non-hydrogen) atoms. The number of nitrogens with zero attached hydrogens (tertiary/aromatic N) is 2. The fourth-order valence-corrected chi connectivity index (χ4v) is 8.32. The van der Waals surface area contributed by atoms with Crippen LogP contribution >= 0.6 is 0 Å². The fourth-order valence-electron chi connectivity index (χ4n) is 8.32. The summed E-state index contributed by atoms with van der Waals surface area (Å²) in [7, 11) is 0. The van der Waals surface area contributed by atoms with Gasteiger partial charge in [-0.2, -0.15) is 0 Å². The van der Waals surface area contributed by atoms with Gasteiger partial charge in [-0.05, 0) is 96.3 Å². The van der Waals surface area contributed by atoms with Crippen molar-refractivity contribution in [3.8, 4) is 45.0 Å². The van der Waals surface area contributed by atoms with Gasteiger partial charge in [-0.25, -0.2) is 9.97 Å². The average Bonchev–Trinajstić information content (AvgIpc) is 3.27. The second-order valence-electron chi connectivity index (χ2n) is 14.6. The summed E-state index contributed by atoms with van der Waals surface area (Å²) in [6.07, 6.45) is 5.89. The van der Waals surface area contributed by atoms with Crippen LogP contribution in [0, 0.1) is 5.92 Å². The van der Waals surface area contributed by atoms with E-state index in [0.717, 1.165) is 40.1 Å². The number of aromatic nitrogens is 2. The second kappa shape index (κ2) is 13.8. The first kappa shape index (κ1) is 32.7. The third kappa shape index (κ3) is 6.02. The molecule has 0 amide bonds. The highest BCUT2D eigenvalue weighted by atomic mass is 14.9. The van der Waals surface area contributed by atoms with Gasteiger partial charge in [0.25, 0.3) is 0 Å². The normalized spacial score (nSPS) is 14.2. The molecule has 0 saturated heterocycles. The molecule has 2 heteroatoms. The zero-order chi connectivity index (χ0) is 36.7. The minimum Gasteiger partial charge on any atom is -0.228 e. The summed E-state index contributed by atoms with van der Waals surface area (Å²) in [6, 6.07) is 65.1. The lowest BCUT2D eigenvalue weighted by atomic mass is 9.81. The Morgan fingerprint density at radius 2 is 0.927 bits per heavy atom. The molecule has 0 bridgehead atoms. The summed E-state index contributed by atoms with van der Waals surface area (Å²) < 4.78 is 0. The lowest BCUT2D eigenvalue weighted by Crippen LogP contribution is -2.04. The van der Waals surface area contributed by atoms with E-state index in [9.17, 15) is 0 Å². The van der Waals surface area contributed by atoms with Crippen molar-refractivity contribution in [2.24, 2.45) is 5.92 Å². The maximum Gasteiger partial charge on any atom is 0.160 e. The van der Waals surface area contributed by atoms with Gasteiger partial charge in [-0.3, -0.25) is 0 Å². The van der Waals surface area contributed by atoms with Crippen LogP contribution in [0.1, 0.15) is 24.5 Å². The van der Waals surface area contributed by atoms with Crippen LogP contribution in [-0.2, 0) is 0 Å². The monoisotopic (exact) mass is 702 g/mol. The minimum absolute atomic E-state index is 0.401. The van der Waals surface area contributed by atoms with Gasteiger partial charge in [0.2, 0.25) is 0 Å². The van der Waals surface area contributed by atoms with Crippen LogP contribution in [0.2, 0.25) is 0 Å². The molecule has 1 aromatic heterocycles. The van der Waals surface area contributed by atoms with Gasteiger partial charge >= 0.3 is 0 Å². The van der Waals surface area contributed by atoms with Crippen molar-refractivity contribution in [1.82, 2.24) is 9.97 Å². The molecule has 260 valence electrons. The van der Waals surface area contributed by atoms with E-state index in [4.69, 9.17) is 9.97 Å². The van der Waals surface area contributed by atoms with Crippen molar-refractivity contribution < 1.29 is 0 Å². The van der Waals surface area contributed by atoms with Crippen LogP contribution < -0.4 is 0 Å². The largest absolute Gasteiger partial charge is 0.228 e. The number of benzene rings is 8. The molecule has 0 fully saturated rings. The molecule has 1 atom stereocenters. The molecule has 2 nitrogen and oxygen atoms in total. The van der Waals surface area contributed by atoms with Crippen LogP contribution in [0.5, 0.6) is 0 Å². The average molecular weight is 703 g/mol. The van der Waals surface area contributed by atoms with Crippen LogP contribution in [0.4, 0.5) is 0 Å². The molecular weight excluding hydrogens is 665 g/mol. The van der Waals surface area contributed by atoms with E-state index in [1.165, 1.54) is 60.2 Å². The van der Waals surface area contributed by atoms with Gasteiger partial charge in [0.05, 0.1) is 11.4 Å². The Bertz CT molecular complexity index is 2920. The summed E-state index contributed by atoms with van der Waals surface area (Å²) in [4.78, 5) is 10.5. The Morgan fingerprint density at radius 3 is 1.64 bits per heavy atom.